The monoisotopic (exact) mass is 332 g/mol. The average molecular weight is 332 g/mol. The van der Waals surface area contributed by atoms with Crippen LogP contribution in [0.3, 0.4) is 0 Å². The largest absolute Gasteiger partial charge is 0.443 e. The van der Waals surface area contributed by atoms with Crippen LogP contribution < -0.4 is 5.32 Å². The number of rotatable bonds is 4. The van der Waals surface area contributed by atoms with Gasteiger partial charge in [0.15, 0.2) is 5.01 Å². The summed E-state index contributed by atoms with van der Waals surface area (Å²) in [5.41, 5.74) is 0.459. The summed E-state index contributed by atoms with van der Waals surface area (Å²) in [7, 11) is 0. The lowest BCUT2D eigenvalue weighted by Gasteiger charge is -2.05. The highest BCUT2D eigenvalue weighted by molar-refractivity contribution is 7.13. The molecular weight excluding hydrogens is 320 g/mol. The Balaban J connectivity index is 1.98. The minimum absolute atomic E-state index is 0.0284. The summed E-state index contributed by atoms with van der Waals surface area (Å²) in [5, 5.41) is 1.43. The Labute approximate surface area is 128 Å². The van der Waals surface area contributed by atoms with E-state index in [1.807, 2.05) is 0 Å². The van der Waals surface area contributed by atoms with Gasteiger partial charge in [-0.3, -0.25) is 4.79 Å². The number of nitrogens with zero attached hydrogens (tertiary/aromatic N) is 1. The van der Waals surface area contributed by atoms with E-state index in [9.17, 15) is 22.4 Å². The summed E-state index contributed by atoms with van der Waals surface area (Å²) in [4.78, 5) is 15.2. The van der Waals surface area contributed by atoms with E-state index >= 15 is 0 Å². The minimum atomic E-state index is -4.57. The van der Waals surface area contributed by atoms with Gasteiger partial charge >= 0.3 is 6.18 Å². The minimum Gasteiger partial charge on any atom is -0.351 e. The summed E-state index contributed by atoms with van der Waals surface area (Å²) in [6.07, 6.45) is -4.32. The van der Waals surface area contributed by atoms with Crippen molar-refractivity contribution >= 4 is 17.2 Å². The van der Waals surface area contributed by atoms with Gasteiger partial charge in [0.1, 0.15) is 10.7 Å². The molecular formula is C14H12F4N2OS. The molecule has 0 unspecified atom stereocenters. The summed E-state index contributed by atoms with van der Waals surface area (Å²) in [6, 6.07) is 6.11. The number of aryl methyl sites for hydroxylation is 1. The zero-order valence-electron chi connectivity index (χ0n) is 11.5. The molecule has 1 N–H and O–H groups in total. The zero-order chi connectivity index (χ0) is 16.3. The van der Waals surface area contributed by atoms with Gasteiger partial charge in [-0.15, -0.1) is 11.3 Å². The molecule has 2 rings (SSSR count). The van der Waals surface area contributed by atoms with Crippen LogP contribution in [-0.2, 0) is 12.6 Å². The van der Waals surface area contributed by atoms with Crippen molar-refractivity contribution in [2.24, 2.45) is 0 Å². The first-order valence-electron chi connectivity index (χ1n) is 6.35. The van der Waals surface area contributed by atoms with E-state index in [0.29, 0.717) is 16.9 Å². The maximum Gasteiger partial charge on any atom is 0.443 e. The number of alkyl halides is 3. The topological polar surface area (TPSA) is 42.0 Å². The van der Waals surface area contributed by atoms with Gasteiger partial charge in [0.05, 0.1) is 5.69 Å². The summed E-state index contributed by atoms with van der Waals surface area (Å²) in [5.74, 6) is -1.02. The molecule has 22 heavy (non-hydrogen) atoms. The standard InChI is InChI=1S/C14H12F4N2OS/c1-8-11(22-13(20-8)14(16,17)18)12(21)19-7-6-9-4-2-3-5-10(9)15/h2-5H,6-7H2,1H3,(H,19,21). The Morgan fingerprint density at radius 2 is 2.00 bits per heavy atom. The van der Waals surface area contributed by atoms with E-state index in [4.69, 9.17) is 0 Å². The van der Waals surface area contributed by atoms with Gasteiger partial charge in [0.25, 0.3) is 5.91 Å². The van der Waals surface area contributed by atoms with Crippen LogP contribution in [0.4, 0.5) is 17.6 Å². The Bertz CT molecular complexity index is 682. The first kappa shape index (κ1) is 16.4. The molecule has 0 spiro atoms. The maximum atomic E-state index is 13.4. The Kier molecular flexibility index (Phi) is 4.80. The maximum absolute atomic E-state index is 13.4. The molecule has 0 atom stereocenters. The molecule has 1 aromatic carbocycles. The molecule has 0 bridgehead atoms. The highest BCUT2D eigenvalue weighted by Crippen LogP contribution is 2.33. The van der Waals surface area contributed by atoms with Crippen molar-refractivity contribution in [2.75, 3.05) is 6.54 Å². The average Bonchev–Trinajstić information content (AvgIpc) is 2.83. The number of halogens is 4. The molecule has 1 heterocycles. The van der Waals surface area contributed by atoms with Crippen molar-refractivity contribution in [1.29, 1.82) is 0 Å². The summed E-state index contributed by atoms with van der Waals surface area (Å²) < 4.78 is 51.0. The van der Waals surface area contributed by atoms with E-state index in [1.54, 1.807) is 18.2 Å². The number of carbonyl (C=O) groups excluding carboxylic acids is 1. The highest BCUT2D eigenvalue weighted by Gasteiger charge is 2.36. The van der Waals surface area contributed by atoms with E-state index in [1.165, 1.54) is 13.0 Å². The molecule has 1 aromatic heterocycles. The van der Waals surface area contributed by atoms with Crippen molar-refractivity contribution in [1.82, 2.24) is 10.3 Å². The number of carbonyl (C=O) groups is 1. The molecule has 0 aliphatic heterocycles. The molecule has 0 fully saturated rings. The second kappa shape index (κ2) is 6.43. The third kappa shape index (κ3) is 3.82. The van der Waals surface area contributed by atoms with Crippen LogP contribution in [0.2, 0.25) is 0 Å². The van der Waals surface area contributed by atoms with Crippen LogP contribution in [0.5, 0.6) is 0 Å². The smallest absolute Gasteiger partial charge is 0.351 e. The molecule has 0 saturated heterocycles. The fraction of sp³-hybridized carbons (Fsp3) is 0.286. The first-order chi connectivity index (χ1) is 10.3. The third-order valence-electron chi connectivity index (χ3n) is 2.88. The normalized spacial score (nSPS) is 11.5. The molecule has 1 amide bonds. The zero-order valence-corrected chi connectivity index (χ0v) is 12.3. The number of hydrogen-bond donors (Lipinski definition) is 1. The first-order valence-corrected chi connectivity index (χ1v) is 7.17. The lowest BCUT2D eigenvalue weighted by molar-refractivity contribution is -0.137. The Morgan fingerprint density at radius 3 is 2.59 bits per heavy atom. The fourth-order valence-corrected chi connectivity index (χ4v) is 2.67. The second-order valence-electron chi connectivity index (χ2n) is 4.53. The van der Waals surface area contributed by atoms with Gasteiger partial charge in [-0.2, -0.15) is 13.2 Å². The molecule has 118 valence electrons. The highest BCUT2D eigenvalue weighted by atomic mass is 32.1. The van der Waals surface area contributed by atoms with Crippen molar-refractivity contribution in [2.45, 2.75) is 19.5 Å². The summed E-state index contributed by atoms with van der Waals surface area (Å²) in [6.45, 7) is 1.47. The van der Waals surface area contributed by atoms with Gasteiger partial charge in [0, 0.05) is 6.54 Å². The molecule has 3 nitrogen and oxygen atoms in total. The van der Waals surface area contributed by atoms with Crippen LogP contribution in [0.25, 0.3) is 0 Å². The lowest BCUT2D eigenvalue weighted by Crippen LogP contribution is -2.25. The number of hydrogen-bond acceptors (Lipinski definition) is 3. The van der Waals surface area contributed by atoms with Crippen LogP contribution in [-0.4, -0.2) is 17.4 Å². The third-order valence-corrected chi connectivity index (χ3v) is 4.08. The van der Waals surface area contributed by atoms with Gasteiger partial charge in [-0.05, 0) is 25.0 Å². The number of amides is 1. The van der Waals surface area contributed by atoms with Crippen LogP contribution in [0.15, 0.2) is 24.3 Å². The number of thiazole rings is 1. The van der Waals surface area contributed by atoms with E-state index in [-0.39, 0.29) is 29.4 Å². The molecule has 0 aliphatic rings. The van der Waals surface area contributed by atoms with Crippen LogP contribution in [0, 0.1) is 12.7 Å². The van der Waals surface area contributed by atoms with Crippen molar-refractivity contribution in [3.8, 4) is 0 Å². The van der Waals surface area contributed by atoms with Crippen LogP contribution >= 0.6 is 11.3 Å². The Hall–Kier alpha value is -1.96. The Morgan fingerprint density at radius 1 is 1.32 bits per heavy atom. The van der Waals surface area contributed by atoms with E-state index < -0.39 is 17.1 Å². The van der Waals surface area contributed by atoms with Crippen LogP contribution in [0.1, 0.15) is 25.9 Å². The quantitative estimate of drug-likeness (QED) is 0.870. The van der Waals surface area contributed by atoms with E-state index in [0.717, 1.165) is 0 Å². The van der Waals surface area contributed by atoms with Gasteiger partial charge in [0.2, 0.25) is 0 Å². The second-order valence-corrected chi connectivity index (χ2v) is 5.53. The van der Waals surface area contributed by atoms with Crippen molar-refractivity contribution in [3.63, 3.8) is 0 Å². The number of nitrogens with one attached hydrogen (secondary N) is 1. The van der Waals surface area contributed by atoms with E-state index in [2.05, 4.69) is 10.3 Å². The fourth-order valence-electron chi connectivity index (χ4n) is 1.82. The lowest BCUT2D eigenvalue weighted by atomic mass is 10.1. The molecule has 8 heteroatoms. The number of benzene rings is 1. The van der Waals surface area contributed by atoms with Gasteiger partial charge < -0.3 is 5.32 Å². The van der Waals surface area contributed by atoms with Gasteiger partial charge in [-0.1, -0.05) is 18.2 Å². The SMILES string of the molecule is Cc1nc(C(F)(F)F)sc1C(=O)NCCc1ccccc1F. The number of aromatic nitrogens is 1. The van der Waals surface area contributed by atoms with Crippen molar-refractivity contribution < 1.29 is 22.4 Å². The van der Waals surface area contributed by atoms with Crippen molar-refractivity contribution in [3.05, 3.63) is 51.2 Å². The molecule has 0 aliphatic carbocycles. The molecule has 0 radical (unpaired) electrons. The predicted molar refractivity (Wildman–Crippen MR) is 74.3 cm³/mol. The predicted octanol–water partition coefficient (Wildman–Crippen LogP) is 3.58. The molecule has 2 aromatic rings. The molecule has 0 saturated carbocycles. The summed E-state index contributed by atoms with van der Waals surface area (Å²) >= 11 is 0.302. The van der Waals surface area contributed by atoms with Gasteiger partial charge in [-0.25, -0.2) is 9.37 Å².